The number of fused-ring (bicyclic) bond motifs is 1. The molecule has 0 saturated heterocycles. The number of carbonyl (C=O) groups excluding carboxylic acids is 4. The number of aromatic nitrogens is 1. The Bertz CT molecular complexity index is 2500. The van der Waals surface area contributed by atoms with Crippen LogP contribution in [0, 0.1) is 11.3 Å². The first-order valence-electron chi connectivity index (χ1n) is 24.2. The molecule has 3 amide bonds. The van der Waals surface area contributed by atoms with Crippen LogP contribution in [0.3, 0.4) is 0 Å². The van der Waals surface area contributed by atoms with Crippen LogP contribution in [0.25, 0.3) is 0 Å². The van der Waals surface area contributed by atoms with E-state index in [0.29, 0.717) is 76.2 Å². The number of aliphatic carboxylic acids is 1. The fourth-order valence-corrected chi connectivity index (χ4v) is 9.64. The SMILES string of the molecule is C=CCC1=C2CCCC(=O)C2(C)CC=C1OCCCCCOC1=CC=CC(C)(OCCCC(=O)NCCCCC(NC(=O)c2ccc(N/N=C/c3ccccc3S(=O)(=O)O)nc2)C(N)=O)C1CCC(=O)O. The van der Waals surface area contributed by atoms with Crippen LogP contribution in [0.2, 0.25) is 0 Å². The highest BCUT2D eigenvalue weighted by molar-refractivity contribution is 7.86. The number of rotatable bonds is 30. The number of amides is 3. The van der Waals surface area contributed by atoms with Crippen LogP contribution < -0.4 is 21.8 Å². The molecule has 71 heavy (non-hydrogen) atoms. The lowest BCUT2D eigenvalue weighted by Gasteiger charge is -2.39. The number of carboxylic acid groups (broad SMARTS) is 1. The summed E-state index contributed by atoms with van der Waals surface area (Å²) >= 11 is 0. The summed E-state index contributed by atoms with van der Waals surface area (Å²) < 4.78 is 51.5. The van der Waals surface area contributed by atoms with Crippen LogP contribution in [0.4, 0.5) is 5.82 Å². The minimum absolute atomic E-state index is 0.0668. The van der Waals surface area contributed by atoms with E-state index in [1.54, 1.807) is 6.07 Å². The molecule has 4 unspecified atom stereocenters. The van der Waals surface area contributed by atoms with Crippen molar-refractivity contribution in [3.63, 3.8) is 0 Å². The van der Waals surface area contributed by atoms with Crippen molar-refractivity contribution in [2.24, 2.45) is 22.2 Å². The van der Waals surface area contributed by atoms with Gasteiger partial charge in [-0.05, 0) is 132 Å². The molecular weight excluding hydrogens is 933 g/mol. The Kier molecular flexibility index (Phi) is 20.9. The van der Waals surface area contributed by atoms with Crippen LogP contribution >= 0.6 is 0 Å². The van der Waals surface area contributed by atoms with Crippen LogP contribution in [0.1, 0.15) is 126 Å². The molecule has 384 valence electrons. The fraction of sp³-hybridized carbons (Fsp3) is 0.481. The van der Waals surface area contributed by atoms with Crippen LogP contribution in [0.15, 0.2) is 112 Å². The molecule has 4 atom stereocenters. The van der Waals surface area contributed by atoms with E-state index in [9.17, 15) is 42.0 Å². The van der Waals surface area contributed by atoms with E-state index >= 15 is 0 Å². The van der Waals surface area contributed by atoms with E-state index in [1.807, 2.05) is 31.2 Å². The lowest BCUT2D eigenvalue weighted by atomic mass is 9.64. The number of allylic oxidation sites excluding steroid dienone is 6. The normalized spacial score (nSPS) is 20.3. The van der Waals surface area contributed by atoms with E-state index < -0.39 is 45.0 Å². The van der Waals surface area contributed by atoms with Gasteiger partial charge in [0, 0.05) is 50.1 Å². The zero-order valence-electron chi connectivity index (χ0n) is 40.7. The maximum absolute atomic E-state index is 12.9. The summed E-state index contributed by atoms with van der Waals surface area (Å²) in [5.74, 6) is -0.671. The summed E-state index contributed by atoms with van der Waals surface area (Å²) in [6, 6.07) is 7.67. The highest BCUT2D eigenvalue weighted by atomic mass is 32.2. The zero-order chi connectivity index (χ0) is 51.4. The Morgan fingerprint density at radius 1 is 1.00 bits per heavy atom. The Morgan fingerprint density at radius 2 is 1.77 bits per heavy atom. The highest BCUT2D eigenvalue weighted by Crippen LogP contribution is 2.48. The summed E-state index contributed by atoms with van der Waals surface area (Å²) in [7, 11) is -4.45. The minimum atomic E-state index is -4.45. The summed E-state index contributed by atoms with van der Waals surface area (Å²) in [5.41, 5.74) is 9.50. The molecule has 5 rings (SSSR count). The van der Waals surface area contributed by atoms with Crippen molar-refractivity contribution >= 4 is 51.6 Å². The molecule has 1 aromatic carbocycles. The monoisotopic (exact) mass is 1000 g/mol. The van der Waals surface area contributed by atoms with E-state index in [4.69, 9.17) is 19.9 Å². The van der Waals surface area contributed by atoms with Crippen molar-refractivity contribution in [3.05, 3.63) is 113 Å². The van der Waals surface area contributed by atoms with Gasteiger partial charge in [-0.2, -0.15) is 13.5 Å². The number of hydrazone groups is 1. The number of ether oxygens (including phenoxy) is 3. The number of unbranched alkanes of at least 4 members (excludes halogenated alkanes) is 3. The average Bonchev–Trinajstić information content (AvgIpc) is 3.33. The van der Waals surface area contributed by atoms with Gasteiger partial charge in [0.25, 0.3) is 16.0 Å². The second kappa shape index (κ2) is 26.7. The molecule has 3 aliphatic carbocycles. The molecule has 1 saturated carbocycles. The second-order valence-corrected chi connectivity index (χ2v) is 19.6. The van der Waals surface area contributed by atoms with Gasteiger partial charge in [-0.25, -0.2) is 4.98 Å². The minimum Gasteiger partial charge on any atom is -0.498 e. The fourth-order valence-electron chi connectivity index (χ4n) is 8.97. The van der Waals surface area contributed by atoms with E-state index in [0.717, 1.165) is 43.4 Å². The lowest BCUT2D eigenvalue weighted by molar-refractivity contribution is -0.138. The second-order valence-electron chi connectivity index (χ2n) is 18.2. The van der Waals surface area contributed by atoms with E-state index in [2.05, 4.69) is 45.7 Å². The first-order chi connectivity index (χ1) is 33.9. The third-order valence-electron chi connectivity index (χ3n) is 13.0. The van der Waals surface area contributed by atoms with Crippen molar-refractivity contribution in [1.29, 1.82) is 0 Å². The van der Waals surface area contributed by atoms with Crippen LogP contribution in [0.5, 0.6) is 0 Å². The van der Waals surface area contributed by atoms with Gasteiger partial charge in [0.05, 0.1) is 36.0 Å². The standard InChI is InChI=1S/C52H68N6O12S/c1-4-15-38-39-17-12-21-45(59)51(39,2)29-27-42(38)68-31-10-5-11-32-69-43-19-13-28-52(3,40(43)24-26-48(61)62)70-33-14-22-47(60)54-30-9-8-18-41(49(53)63)57-50(64)37-23-25-46(55-34-37)58-56-35-36-16-6-7-20-44(36)71(65,66)67/h4,6-7,13,16,19-20,23,25,27-28,34-35,40-41H,1,5,8-12,14-15,17-18,21-22,24,26,29-33H2,2-3H3,(H2,53,63)(H,54,60)(H,55,58)(H,57,64)(H,61,62)(H,65,66,67)/b56-35+. The molecule has 1 fully saturated rings. The molecule has 19 heteroatoms. The van der Waals surface area contributed by atoms with E-state index in [1.165, 1.54) is 48.3 Å². The van der Waals surface area contributed by atoms with Gasteiger partial charge in [0.2, 0.25) is 11.8 Å². The quantitative estimate of drug-likeness (QED) is 0.0148. The number of nitrogens with zero attached hydrogens (tertiary/aromatic N) is 2. The first-order valence-corrected chi connectivity index (χ1v) is 25.7. The average molecular weight is 1000 g/mol. The molecule has 1 heterocycles. The van der Waals surface area contributed by atoms with Crippen molar-refractivity contribution in [1.82, 2.24) is 15.6 Å². The van der Waals surface area contributed by atoms with Gasteiger partial charge >= 0.3 is 5.97 Å². The number of carboxylic acids is 1. The summed E-state index contributed by atoms with van der Waals surface area (Å²) in [6.45, 7) is 9.47. The maximum atomic E-state index is 12.9. The third-order valence-corrected chi connectivity index (χ3v) is 13.9. The van der Waals surface area contributed by atoms with Gasteiger partial charge in [-0.15, -0.1) is 6.58 Å². The first kappa shape index (κ1) is 55.5. The lowest BCUT2D eigenvalue weighted by Crippen LogP contribution is -2.44. The number of anilines is 1. The zero-order valence-corrected chi connectivity index (χ0v) is 41.5. The molecule has 2 aromatic rings. The molecule has 0 spiro atoms. The van der Waals surface area contributed by atoms with Crippen molar-refractivity contribution < 1.29 is 56.3 Å². The molecule has 0 aliphatic heterocycles. The number of ketones is 1. The molecule has 0 radical (unpaired) electrons. The number of hydrogen-bond acceptors (Lipinski definition) is 13. The molecule has 3 aliphatic rings. The Morgan fingerprint density at radius 3 is 2.49 bits per heavy atom. The number of hydrogen-bond donors (Lipinski definition) is 6. The summed E-state index contributed by atoms with van der Waals surface area (Å²) in [4.78, 5) is 66.0. The van der Waals surface area contributed by atoms with Crippen LogP contribution in [-0.4, -0.2) is 96.8 Å². The molecule has 1 aromatic heterocycles. The number of nitrogens with one attached hydrogen (secondary N) is 3. The largest absolute Gasteiger partial charge is 0.498 e. The Hall–Kier alpha value is -6.44. The number of benzene rings is 1. The Labute approximate surface area is 416 Å². The maximum Gasteiger partial charge on any atom is 0.303 e. The topological polar surface area (TPSA) is 275 Å². The molecule has 7 N–H and O–H groups in total. The van der Waals surface area contributed by atoms with Gasteiger partial charge in [-0.3, -0.25) is 34.0 Å². The summed E-state index contributed by atoms with van der Waals surface area (Å²) in [6.07, 6.45) is 20.3. The highest BCUT2D eigenvalue weighted by Gasteiger charge is 2.43. The predicted molar refractivity (Wildman–Crippen MR) is 267 cm³/mol. The molecular formula is C52H68N6O12S. The number of carbonyl (C=O) groups is 5. The Balaban J connectivity index is 0.970. The van der Waals surface area contributed by atoms with Gasteiger partial charge in [0.1, 0.15) is 34.1 Å². The van der Waals surface area contributed by atoms with Crippen molar-refractivity contribution in [3.8, 4) is 0 Å². The smallest absolute Gasteiger partial charge is 0.303 e. The number of nitrogens with two attached hydrogens (primary N) is 1. The molecule has 0 bridgehead atoms. The van der Waals surface area contributed by atoms with E-state index in [-0.39, 0.29) is 59.5 Å². The summed E-state index contributed by atoms with van der Waals surface area (Å²) in [5, 5.41) is 19.0. The van der Waals surface area contributed by atoms with Gasteiger partial charge in [0.15, 0.2) is 0 Å². The predicted octanol–water partition coefficient (Wildman–Crippen LogP) is 7.26. The van der Waals surface area contributed by atoms with Crippen molar-refractivity contribution in [2.75, 3.05) is 31.8 Å². The third kappa shape index (κ3) is 16.3. The number of Topliss-reactive ketones (excluding diaryl/α,β-unsaturated/α-hetero) is 1. The van der Waals surface area contributed by atoms with Gasteiger partial charge in [-0.1, -0.05) is 36.4 Å². The van der Waals surface area contributed by atoms with Crippen LogP contribution in [-0.2, 0) is 43.5 Å². The number of pyridine rings is 1. The van der Waals surface area contributed by atoms with Gasteiger partial charge < -0.3 is 35.7 Å². The van der Waals surface area contributed by atoms with Crippen molar-refractivity contribution in [2.45, 2.75) is 127 Å². The molecule has 18 nitrogen and oxygen atoms in total. The number of primary amides is 1.